The Labute approximate surface area is 91.7 Å². The third-order valence-electron chi connectivity index (χ3n) is 3.79. The molecule has 2 aliphatic rings. The number of carbonyl (C=O) groups excluding carboxylic acids is 1. The molecular formula is C13H20O2. The molecule has 1 saturated carbocycles. The molecular weight excluding hydrogens is 188 g/mol. The van der Waals surface area contributed by atoms with Gasteiger partial charge in [0.1, 0.15) is 0 Å². The average Bonchev–Trinajstić information content (AvgIpc) is 2.86. The molecule has 2 nitrogen and oxygen atoms in total. The Bertz CT molecular complexity index is 270. The number of rotatable bonds is 4. The van der Waals surface area contributed by atoms with Gasteiger partial charge < -0.3 is 4.74 Å². The number of fused-ring (bicyclic) bond motifs is 2. The Morgan fingerprint density at radius 3 is 2.80 bits per heavy atom. The normalized spacial score (nSPS) is 34.4. The summed E-state index contributed by atoms with van der Waals surface area (Å²) in [5.41, 5.74) is 0. The van der Waals surface area contributed by atoms with Crippen LogP contribution in [0.3, 0.4) is 0 Å². The third kappa shape index (κ3) is 2.24. The maximum Gasteiger partial charge on any atom is 0.309 e. The summed E-state index contributed by atoms with van der Waals surface area (Å²) in [6, 6.07) is 0. The predicted molar refractivity (Wildman–Crippen MR) is 59.3 cm³/mol. The summed E-state index contributed by atoms with van der Waals surface area (Å²) < 4.78 is 5.36. The smallest absolute Gasteiger partial charge is 0.309 e. The minimum atomic E-state index is 0.0344. The summed E-state index contributed by atoms with van der Waals surface area (Å²) in [5.74, 6) is 1.80. The van der Waals surface area contributed by atoms with E-state index in [1.54, 1.807) is 0 Å². The molecule has 0 aromatic carbocycles. The monoisotopic (exact) mass is 208 g/mol. The van der Waals surface area contributed by atoms with Gasteiger partial charge in [0, 0.05) is 0 Å². The van der Waals surface area contributed by atoms with Crippen LogP contribution >= 0.6 is 0 Å². The molecule has 0 N–H and O–H groups in total. The van der Waals surface area contributed by atoms with Gasteiger partial charge >= 0.3 is 5.97 Å². The van der Waals surface area contributed by atoms with Crippen molar-refractivity contribution < 1.29 is 9.53 Å². The molecule has 0 amide bonds. The van der Waals surface area contributed by atoms with E-state index < -0.39 is 0 Å². The van der Waals surface area contributed by atoms with E-state index in [1.165, 1.54) is 6.42 Å². The first-order valence-electron chi connectivity index (χ1n) is 6.05. The van der Waals surface area contributed by atoms with Crippen LogP contribution in [0.4, 0.5) is 0 Å². The minimum absolute atomic E-state index is 0.0344. The lowest BCUT2D eigenvalue weighted by atomic mass is 9.94. The molecule has 15 heavy (non-hydrogen) atoms. The van der Waals surface area contributed by atoms with E-state index in [0.717, 1.165) is 12.8 Å². The zero-order valence-electron chi connectivity index (χ0n) is 9.61. The molecule has 4 unspecified atom stereocenters. The second-order valence-electron chi connectivity index (χ2n) is 5.03. The quantitative estimate of drug-likeness (QED) is 0.524. The van der Waals surface area contributed by atoms with Gasteiger partial charge in [-0.3, -0.25) is 4.79 Å². The molecule has 84 valence electrons. The van der Waals surface area contributed by atoms with E-state index in [1.807, 2.05) is 0 Å². The Balaban J connectivity index is 1.80. The molecule has 0 aromatic heterocycles. The molecule has 2 aliphatic carbocycles. The highest BCUT2D eigenvalue weighted by Crippen LogP contribution is 2.43. The van der Waals surface area contributed by atoms with Gasteiger partial charge in [-0.15, -0.1) is 0 Å². The highest BCUT2D eigenvalue weighted by molar-refractivity contribution is 5.74. The van der Waals surface area contributed by atoms with Crippen molar-refractivity contribution in [3.05, 3.63) is 12.2 Å². The molecule has 4 atom stereocenters. The lowest BCUT2D eigenvalue weighted by Crippen LogP contribution is -2.23. The van der Waals surface area contributed by atoms with Crippen molar-refractivity contribution in [2.24, 2.45) is 23.7 Å². The summed E-state index contributed by atoms with van der Waals surface area (Å²) in [4.78, 5) is 11.8. The molecule has 1 fully saturated rings. The molecule has 0 heterocycles. The van der Waals surface area contributed by atoms with Crippen LogP contribution in [0, 0.1) is 23.7 Å². The van der Waals surface area contributed by atoms with E-state index in [0.29, 0.717) is 24.4 Å². The zero-order valence-corrected chi connectivity index (χ0v) is 9.61. The molecule has 2 bridgehead atoms. The fraction of sp³-hybridized carbons (Fsp3) is 0.769. The van der Waals surface area contributed by atoms with Crippen LogP contribution in [-0.2, 0) is 9.53 Å². The minimum Gasteiger partial charge on any atom is -0.465 e. The van der Waals surface area contributed by atoms with Crippen molar-refractivity contribution in [3.8, 4) is 0 Å². The van der Waals surface area contributed by atoms with Crippen LogP contribution in [0.2, 0.25) is 0 Å². The molecule has 2 rings (SSSR count). The second kappa shape index (κ2) is 4.38. The zero-order chi connectivity index (χ0) is 10.8. The van der Waals surface area contributed by atoms with Crippen molar-refractivity contribution in [1.29, 1.82) is 0 Å². The van der Waals surface area contributed by atoms with E-state index >= 15 is 0 Å². The number of esters is 1. The molecule has 0 spiro atoms. The molecule has 0 aliphatic heterocycles. The SMILES string of the molecule is CCC(C)COC(=O)C1CC2C=CC1C2. The number of carbonyl (C=O) groups is 1. The first-order valence-corrected chi connectivity index (χ1v) is 6.05. The van der Waals surface area contributed by atoms with E-state index in [-0.39, 0.29) is 11.9 Å². The first kappa shape index (κ1) is 10.7. The fourth-order valence-corrected chi connectivity index (χ4v) is 2.50. The van der Waals surface area contributed by atoms with Gasteiger partial charge in [0.15, 0.2) is 0 Å². The van der Waals surface area contributed by atoms with Crippen LogP contribution in [0.1, 0.15) is 33.1 Å². The number of hydrogen-bond acceptors (Lipinski definition) is 2. The van der Waals surface area contributed by atoms with Crippen LogP contribution in [0.25, 0.3) is 0 Å². The Morgan fingerprint density at radius 2 is 2.27 bits per heavy atom. The number of ether oxygens (including phenoxy) is 1. The maximum absolute atomic E-state index is 11.8. The maximum atomic E-state index is 11.8. The Morgan fingerprint density at radius 1 is 1.47 bits per heavy atom. The fourth-order valence-electron chi connectivity index (χ4n) is 2.50. The largest absolute Gasteiger partial charge is 0.465 e. The van der Waals surface area contributed by atoms with Crippen molar-refractivity contribution >= 4 is 5.97 Å². The summed E-state index contributed by atoms with van der Waals surface area (Å²) in [7, 11) is 0. The van der Waals surface area contributed by atoms with Gasteiger partial charge in [-0.2, -0.15) is 0 Å². The Hall–Kier alpha value is -0.790. The summed E-state index contributed by atoms with van der Waals surface area (Å²) >= 11 is 0. The van der Waals surface area contributed by atoms with Crippen molar-refractivity contribution in [2.45, 2.75) is 33.1 Å². The lowest BCUT2D eigenvalue weighted by molar-refractivity contribution is -0.150. The van der Waals surface area contributed by atoms with Crippen LogP contribution in [-0.4, -0.2) is 12.6 Å². The van der Waals surface area contributed by atoms with Crippen molar-refractivity contribution in [2.75, 3.05) is 6.61 Å². The number of hydrogen-bond donors (Lipinski definition) is 0. The number of allylic oxidation sites excluding steroid dienone is 2. The highest BCUT2D eigenvalue weighted by Gasteiger charge is 2.40. The standard InChI is InChI=1S/C13H20O2/c1-3-9(2)8-15-13(14)12-7-10-4-5-11(12)6-10/h4-5,9-12H,3,6-8H2,1-2H3. The van der Waals surface area contributed by atoms with Crippen LogP contribution in [0.5, 0.6) is 0 Å². The summed E-state index contributed by atoms with van der Waals surface area (Å²) in [5, 5.41) is 0. The van der Waals surface area contributed by atoms with Crippen molar-refractivity contribution in [1.82, 2.24) is 0 Å². The molecule has 2 heteroatoms. The Kier molecular flexibility index (Phi) is 3.13. The first-order chi connectivity index (χ1) is 7.20. The molecule has 0 aromatic rings. The summed E-state index contributed by atoms with van der Waals surface area (Å²) in [6.45, 7) is 4.83. The van der Waals surface area contributed by atoms with Gasteiger partial charge in [0.25, 0.3) is 0 Å². The van der Waals surface area contributed by atoms with Crippen molar-refractivity contribution in [3.63, 3.8) is 0 Å². The van der Waals surface area contributed by atoms with E-state index in [9.17, 15) is 4.79 Å². The highest BCUT2D eigenvalue weighted by atomic mass is 16.5. The summed E-state index contributed by atoms with van der Waals surface area (Å²) in [6.07, 6.45) is 7.71. The average molecular weight is 208 g/mol. The van der Waals surface area contributed by atoms with Gasteiger partial charge in [-0.1, -0.05) is 32.4 Å². The van der Waals surface area contributed by atoms with E-state index in [4.69, 9.17) is 4.74 Å². The van der Waals surface area contributed by atoms with Gasteiger partial charge in [0.05, 0.1) is 12.5 Å². The topological polar surface area (TPSA) is 26.3 Å². The lowest BCUT2D eigenvalue weighted by Gasteiger charge is -2.18. The van der Waals surface area contributed by atoms with Gasteiger partial charge in [0.2, 0.25) is 0 Å². The van der Waals surface area contributed by atoms with Gasteiger partial charge in [-0.05, 0) is 30.6 Å². The van der Waals surface area contributed by atoms with Gasteiger partial charge in [-0.25, -0.2) is 0 Å². The predicted octanol–water partition coefficient (Wildman–Crippen LogP) is 2.79. The third-order valence-corrected chi connectivity index (χ3v) is 3.79. The van der Waals surface area contributed by atoms with Crippen LogP contribution < -0.4 is 0 Å². The second-order valence-corrected chi connectivity index (χ2v) is 5.03. The van der Waals surface area contributed by atoms with Crippen LogP contribution in [0.15, 0.2) is 12.2 Å². The van der Waals surface area contributed by atoms with E-state index in [2.05, 4.69) is 26.0 Å². The molecule has 0 saturated heterocycles. The molecule has 0 radical (unpaired) electrons.